The number of methoxy groups -OCH3 is 1. The Morgan fingerprint density at radius 2 is 2.20 bits per heavy atom. The second-order valence-corrected chi connectivity index (χ2v) is 4.65. The highest BCUT2D eigenvalue weighted by Crippen LogP contribution is 2.19. The van der Waals surface area contributed by atoms with Crippen LogP contribution in [0.2, 0.25) is 5.02 Å². The van der Waals surface area contributed by atoms with Gasteiger partial charge in [-0.05, 0) is 12.5 Å². The summed E-state index contributed by atoms with van der Waals surface area (Å²) < 4.78 is 11.8. The second kappa shape index (κ2) is 6.67. The first kappa shape index (κ1) is 14.7. The third-order valence-corrected chi connectivity index (χ3v) is 3.05. The van der Waals surface area contributed by atoms with Crippen molar-refractivity contribution in [1.29, 1.82) is 0 Å². The van der Waals surface area contributed by atoms with E-state index in [1.165, 1.54) is 13.2 Å². The predicted octanol–water partition coefficient (Wildman–Crippen LogP) is 2.14. The van der Waals surface area contributed by atoms with E-state index in [1.54, 1.807) is 10.6 Å². The largest absolute Gasteiger partial charge is 0.465 e. The Kier molecular flexibility index (Phi) is 4.92. The highest BCUT2D eigenvalue weighted by atomic mass is 35.5. The molecule has 0 bridgehead atoms. The van der Waals surface area contributed by atoms with Crippen LogP contribution in [-0.4, -0.2) is 40.9 Å². The number of fused-ring (bicyclic) bond motifs is 1. The molecular weight excluding hydrogens is 282 g/mol. The molecule has 0 aliphatic rings. The molecule has 108 valence electrons. The van der Waals surface area contributed by atoms with E-state index in [9.17, 15) is 4.79 Å². The number of carbonyl (C=O) groups is 1. The molecule has 0 spiro atoms. The number of esters is 1. The number of rotatable bonds is 6. The van der Waals surface area contributed by atoms with Crippen LogP contribution >= 0.6 is 11.6 Å². The molecule has 0 saturated heterocycles. The Bertz CT molecular complexity index is 612. The molecule has 2 aromatic rings. The number of carbonyl (C=O) groups excluding carboxylic acids is 1. The molecular formula is C13H16ClN3O3. The van der Waals surface area contributed by atoms with E-state index >= 15 is 0 Å². The molecule has 0 aromatic carbocycles. The fraction of sp³-hybridized carbons (Fsp3) is 0.462. The minimum atomic E-state index is -0.448. The maximum absolute atomic E-state index is 11.6. The number of ether oxygens (including phenoxy) is 2. The Labute approximate surface area is 121 Å². The lowest BCUT2D eigenvalue weighted by Gasteiger charge is -2.05. The molecule has 0 fully saturated rings. The molecule has 0 saturated carbocycles. The zero-order chi connectivity index (χ0) is 14.5. The maximum Gasteiger partial charge on any atom is 0.339 e. The van der Waals surface area contributed by atoms with Crippen molar-refractivity contribution >= 4 is 23.2 Å². The van der Waals surface area contributed by atoms with Gasteiger partial charge in [-0.25, -0.2) is 4.79 Å². The molecule has 0 atom stereocenters. The quantitative estimate of drug-likeness (QED) is 0.604. The van der Waals surface area contributed by atoms with Crippen LogP contribution in [0.15, 0.2) is 12.3 Å². The van der Waals surface area contributed by atoms with Gasteiger partial charge >= 0.3 is 5.97 Å². The summed E-state index contributed by atoms with van der Waals surface area (Å²) in [4.78, 5) is 11.6. The van der Waals surface area contributed by atoms with Gasteiger partial charge in [-0.2, -0.15) is 0 Å². The molecule has 0 amide bonds. The molecule has 2 aromatic heterocycles. The third-order valence-electron chi connectivity index (χ3n) is 2.77. The summed E-state index contributed by atoms with van der Waals surface area (Å²) in [6.07, 6.45) is 3.20. The van der Waals surface area contributed by atoms with E-state index in [0.29, 0.717) is 41.7 Å². The molecule has 0 radical (unpaired) electrons. The first-order valence-corrected chi connectivity index (χ1v) is 6.74. The number of hydrogen-bond acceptors (Lipinski definition) is 5. The van der Waals surface area contributed by atoms with Gasteiger partial charge in [0.05, 0.1) is 24.3 Å². The lowest BCUT2D eigenvalue weighted by Crippen LogP contribution is -2.06. The van der Waals surface area contributed by atoms with Crippen molar-refractivity contribution in [2.75, 3.05) is 20.3 Å². The van der Waals surface area contributed by atoms with Gasteiger partial charge in [0, 0.05) is 19.2 Å². The zero-order valence-corrected chi connectivity index (χ0v) is 12.2. The van der Waals surface area contributed by atoms with Crippen LogP contribution in [0.1, 0.15) is 29.5 Å². The number of hydrogen-bond donors (Lipinski definition) is 0. The van der Waals surface area contributed by atoms with Gasteiger partial charge in [0.2, 0.25) is 0 Å². The smallest absolute Gasteiger partial charge is 0.339 e. The van der Waals surface area contributed by atoms with Gasteiger partial charge in [-0.15, -0.1) is 10.2 Å². The highest BCUT2D eigenvalue weighted by Gasteiger charge is 2.14. The lowest BCUT2D eigenvalue weighted by atomic mass is 10.3. The van der Waals surface area contributed by atoms with E-state index in [1.807, 2.05) is 0 Å². The summed E-state index contributed by atoms with van der Waals surface area (Å²) in [6, 6.07) is 1.52. The minimum absolute atomic E-state index is 0.362. The van der Waals surface area contributed by atoms with Crippen LogP contribution in [0.5, 0.6) is 0 Å². The van der Waals surface area contributed by atoms with Crippen LogP contribution in [0.4, 0.5) is 0 Å². The standard InChI is InChI=1S/C13H16ClN3O3/c1-3-5-20-6-4-11-15-16-12-10(14)7-9(8-17(11)12)13(18)19-2/h7-8H,3-6H2,1-2H3. The number of aromatic nitrogens is 3. The minimum Gasteiger partial charge on any atom is -0.465 e. The first-order chi connectivity index (χ1) is 9.67. The van der Waals surface area contributed by atoms with Crippen LogP contribution < -0.4 is 0 Å². The van der Waals surface area contributed by atoms with Crippen LogP contribution in [0.25, 0.3) is 5.65 Å². The lowest BCUT2D eigenvalue weighted by molar-refractivity contribution is 0.0600. The molecule has 6 nitrogen and oxygen atoms in total. The topological polar surface area (TPSA) is 65.7 Å². The zero-order valence-electron chi connectivity index (χ0n) is 11.4. The fourth-order valence-corrected chi connectivity index (χ4v) is 2.06. The molecule has 2 heterocycles. The average Bonchev–Trinajstić information content (AvgIpc) is 2.86. The third kappa shape index (κ3) is 3.08. The second-order valence-electron chi connectivity index (χ2n) is 4.24. The van der Waals surface area contributed by atoms with Crippen molar-refractivity contribution in [2.24, 2.45) is 0 Å². The van der Waals surface area contributed by atoms with Gasteiger partial charge in [-0.3, -0.25) is 4.40 Å². The number of nitrogens with zero attached hydrogens (tertiary/aromatic N) is 3. The van der Waals surface area contributed by atoms with Crippen LogP contribution in [0.3, 0.4) is 0 Å². The Hall–Kier alpha value is -1.66. The molecule has 0 N–H and O–H groups in total. The molecule has 0 aliphatic heterocycles. The van der Waals surface area contributed by atoms with E-state index in [2.05, 4.69) is 17.1 Å². The van der Waals surface area contributed by atoms with E-state index in [-0.39, 0.29) is 0 Å². The number of pyridine rings is 1. The SMILES string of the molecule is CCCOCCc1nnc2c(Cl)cc(C(=O)OC)cn12. The van der Waals surface area contributed by atoms with Crippen molar-refractivity contribution in [3.63, 3.8) is 0 Å². The maximum atomic E-state index is 11.6. The molecule has 7 heteroatoms. The predicted molar refractivity (Wildman–Crippen MR) is 74.2 cm³/mol. The molecule has 0 aliphatic carbocycles. The van der Waals surface area contributed by atoms with Gasteiger partial charge in [0.15, 0.2) is 5.65 Å². The average molecular weight is 298 g/mol. The number of halogens is 1. The van der Waals surface area contributed by atoms with Crippen molar-refractivity contribution in [3.05, 3.63) is 28.7 Å². The molecule has 2 rings (SSSR count). The Morgan fingerprint density at radius 1 is 1.40 bits per heavy atom. The monoisotopic (exact) mass is 297 g/mol. The van der Waals surface area contributed by atoms with E-state index < -0.39 is 5.97 Å². The summed E-state index contributed by atoms with van der Waals surface area (Å²) in [6.45, 7) is 3.31. The highest BCUT2D eigenvalue weighted by molar-refractivity contribution is 6.33. The normalized spacial score (nSPS) is 10.9. The Balaban J connectivity index is 2.27. The summed E-state index contributed by atoms with van der Waals surface area (Å²) in [5, 5.41) is 8.46. The molecule has 0 unspecified atom stereocenters. The van der Waals surface area contributed by atoms with Crippen molar-refractivity contribution < 1.29 is 14.3 Å². The van der Waals surface area contributed by atoms with Gasteiger partial charge in [-0.1, -0.05) is 18.5 Å². The van der Waals surface area contributed by atoms with Gasteiger partial charge < -0.3 is 9.47 Å². The van der Waals surface area contributed by atoms with Gasteiger partial charge in [0.25, 0.3) is 0 Å². The summed E-state index contributed by atoms with van der Waals surface area (Å²) >= 11 is 6.10. The van der Waals surface area contributed by atoms with Crippen LogP contribution in [-0.2, 0) is 15.9 Å². The van der Waals surface area contributed by atoms with E-state index in [4.69, 9.17) is 21.1 Å². The first-order valence-electron chi connectivity index (χ1n) is 6.36. The molecule has 20 heavy (non-hydrogen) atoms. The van der Waals surface area contributed by atoms with Crippen molar-refractivity contribution in [2.45, 2.75) is 19.8 Å². The summed E-state index contributed by atoms with van der Waals surface area (Å²) in [7, 11) is 1.33. The summed E-state index contributed by atoms with van der Waals surface area (Å²) in [5.74, 6) is 0.249. The van der Waals surface area contributed by atoms with Crippen LogP contribution in [0, 0.1) is 0 Å². The van der Waals surface area contributed by atoms with Gasteiger partial charge in [0.1, 0.15) is 5.82 Å². The summed E-state index contributed by atoms with van der Waals surface area (Å²) in [5.41, 5.74) is 0.880. The fourth-order valence-electron chi connectivity index (χ4n) is 1.81. The van der Waals surface area contributed by atoms with Crippen molar-refractivity contribution in [3.8, 4) is 0 Å². The van der Waals surface area contributed by atoms with Crippen molar-refractivity contribution in [1.82, 2.24) is 14.6 Å². The van der Waals surface area contributed by atoms with E-state index in [0.717, 1.165) is 6.42 Å². The Morgan fingerprint density at radius 3 is 2.90 bits per heavy atom.